The summed E-state index contributed by atoms with van der Waals surface area (Å²) in [6.07, 6.45) is 3.81. The molecule has 0 fully saturated rings. The quantitative estimate of drug-likeness (QED) is 0.242. The van der Waals surface area contributed by atoms with Crippen molar-refractivity contribution in [1.82, 2.24) is 19.8 Å². The van der Waals surface area contributed by atoms with Crippen LogP contribution < -0.4 is 19.8 Å². The van der Waals surface area contributed by atoms with Crippen molar-refractivity contribution >= 4 is 22.1 Å². The van der Waals surface area contributed by atoms with Crippen LogP contribution in [-0.4, -0.2) is 60.4 Å². The molecule has 0 saturated heterocycles. The van der Waals surface area contributed by atoms with Crippen molar-refractivity contribution < 1.29 is 36.1 Å². The number of halogens is 1. The summed E-state index contributed by atoms with van der Waals surface area (Å²) in [6, 6.07) is 3.05. The molecular weight excluding hydrogens is 571 g/mol. The van der Waals surface area contributed by atoms with E-state index < -0.39 is 56.6 Å². The van der Waals surface area contributed by atoms with E-state index in [2.05, 4.69) is 16.9 Å². The summed E-state index contributed by atoms with van der Waals surface area (Å²) >= 11 is 0. The van der Waals surface area contributed by atoms with Crippen LogP contribution in [0.15, 0.2) is 35.6 Å². The Kier molecular flexibility index (Phi) is 10.4. The van der Waals surface area contributed by atoms with Gasteiger partial charge >= 0.3 is 16.2 Å². The SMILES string of the molecule is C=CCCOc1cc(F)ccc1CNC(=O)c1nc2n(c(=O)c1OS(C)(=O)=O)CCCCC2N(C)C(=O)OC(C)(C)C. The predicted molar refractivity (Wildman–Crippen MR) is 152 cm³/mol. The lowest BCUT2D eigenvalue weighted by Crippen LogP contribution is -2.40. The van der Waals surface area contributed by atoms with E-state index in [0.29, 0.717) is 31.2 Å². The minimum atomic E-state index is -4.23. The minimum absolute atomic E-state index is 0.0899. The number of carbonyl (C=O) groups is 2. The Balaban J connectivity index is 2.04. The summed E-state index contributed by atoms with van der Waals surface area (Å²) in [5.74, 6) is -1.94. The fourth-order valence-electron chi connectivity index (χ4n) is 4.29. The van der Waals surface area contributed by atoms with E-state index in [9.17, 15) is 27.2 Å². The zero-order valence-corrected chi connectivity index (χ0v) is 25.3. The first kappa shape index (κ1) is 32.6. The van der Waals surface area contributed by atoms with Crippen LogP contribution in [0, 0.1) is 5.82 Å². The van der Waals surface area contributed by atoms with Crippen molar-refractivity contribution in [2.75, 3.05) is 19.9 Å². The summed E-state index contributed by atoms with van der Waals surface area (Å²) in [4.78, 5) is 45.7. The Morgan fingerprint density at radius 1 is 1.29 bits per heavy atom. The largest absolute Gasteiger partial charge is 0.493 e. The molecule has 3 rings (SSSR count). The highest BCUT2D eigenvalue weighted by molar-refractivity contribution is 7.86. The van der Waals surface area contributed by atoms with Crippen molar-refractivity contribution in [3.63, 3.8) is 0 Å². The van der Waals surface area contributed by atoms with Crippen LogP contribution >= 0.6 is 0 Å². The van der Waals surface area contributed by atoms with Crippen LogP contribution in [0.2, 0.25) is 0 Å². The van der Waals surface area contributed by atoms with Crippen LogP contribution in [0.3, 0.4) is 0 Å². The molecule has 0 saturated carbocycles. The van der Waals surface area contributed by atoms with Gasteiger partial charge in [-0.1, -0.05) is 12.1 Å². The van der Waals surface area contributed by atoms with Crippen molar-refractivity contribution in [3.8, 4) is 11.5 Å². The fraction of sp³-hybridized carbons (Fsp3) is 0.500. The van der Waals surface area contributed by atoms with Crippen LogP contribution in [0.25, 0.3) is 0 Å². The molecule has 12 nitrogen and oxygen atoms in total. The average molecular weight is 609 g/mol. The molecule has 1 aromatic carbocycles. The highest BCUT2D eigenvalue weighted by Crippen LogP contribution is 2.30. The monoisotopic (exact) mass is 608 g/mol. The van der Waals surface area contributed by atoms with Gasteiger partial charge in [0.25, 0.3) is 11.5 Å². The van der Waals surface area contributed by atoms with Gasteiger partial charge in [-0.25, -0.2) is 14.2 Å². The first-order valence-electron chi connectivity index (χ1n) is 13.4. The van der Waals surface area contributed by atoms with Gasteiger partial charge in [0.05, 0.1) is 18.9 Å². The first-order valence-corrected chi connectivity index (χ1v) is 15.2. The summed E-state index contributed by atoms with van der Waals surface area (Å²) in [5, 5.41) is 2.59. The standard InChI is InChI=1S/C28H37FN4O8S/c1-7-8-15-39-21-16-19(29)13-12-18(21)17-30-25(34)22-23(41-42(6,37)38)26(35)33-14-10-9-11-20(24(33)31-22)32(5)27(36)40-28(2,3)4/h7,12-13,16,20H,1,8-11,14-15,17H2,2-6H3,(H,30,34). The number of ether oxygens (including phenoxy) is 2. The topological polar surface area (TPSA) is 146 Å². The van der Waals surface area contributed by atoms with Gasteiger partial charge in [0.15, 0.2) is 5.69 Å². The van der Waals surface area contributed by atoms with Crippen molar-refractivity contribution in [1.29, 1.82) is 0 Å². The molecule has 1 aromatic heterocycles. The summed E-state index contributed by atoms with van der Waals surface area (Å²) in [6.45, 7) is 9.01. The highest BCUT2D eigenvalue weighted by Gasteiger charge is 2.34. The molecular formula is C28H37FN4O8S. The Labute approximate surface area is 244 Å². The fourth-order valence-corrected chi connectivity index (χ4v) is 4.74. The Morgan fingerprint density at radius 3 is 2.64 bits per heavy atom. The van der Waals surface area contributed by atoms with Gasteiger partial charge in [0.2, 0.25) is 5.75 Å². The smallest absolute Gasteiger partial charge is 0.410 e. The normalized spacial score (nSPS) is 15.1. The molecule has 0 bridgehead atoms. The number of hydrogen-bond acceptors (Lipinski definition) is 9. The van der Waals surface area contributed by atoms with Crippen molar-refractivity contribution in [3.05, 3.63) is 64.1 Å². The van der Waals surface area contributed by atoms with Crippen LogP contribution in [-0.2, 0) is 27.9 Å². The van der Waals surface area contributed by atoms with Crippen LogP contribution in [0.1, 0.15) is 74.4 Å². The van der Waals surface area contributed by atoms with Gasteiger partial charge in [-0.15, -0.1) is 6.58 Å². The van der Waals surface area contributed by atoms with Crippen molar-refractivity contribution in [2.24, 2.45) is 0 Å². The third-order valence-corrected chi connectivity index (χ3v) is 6.68. The molecule has 42 heavy (non-hydrogen) atoms. The summed E-state index contributed by atoms with van der Waals surface area (Å²) in [5.41, 5.74) is -1.81. The van der Waals surface area contributed by atoms with Crippen LogP contribution in [0.4, 0.5) is 9.18 Å². The minimum Gasteiger partial charge on any atom is -0.493 e. The maximum Gasteiger partial charge on any atom is 0.410 e. The van der Waals surface area contributed by atoms with Gasteiger partial charge in [0, 0.05) is 31.8 Å². The molecule has 2 aromatic rings. The molecule has 0 aliphatic carbocycles. The lowest BCUT2D eigenvalue weighted by atomic mass is 10.1. The number of hydrogen-bond donors (Lipinski definition) is 1. The third-order valence-electron chi connectivity index (χ3n) is 6.21. The average Bonchev–Trinajstić information content (AvgIpc) is 3.10. The zero-order chi connectivity index (χ0) is 31.2. The maximum absolute atomic E-state index is 13.9. The highest BCUT2D eigenvalue weighted by atomic mass is 32.2. The zero-order valence-electron chi connectivity index (χ0n) is 24.4. The number of benzene rings is 1. The molecule has 1 unspecified atom stereocenters. The number of amides is 2. The number of aromatic nitrogens is 2. The summed E-state index contributed by atoms with van der Waals surface area (Å²) < 4.78 is 55.3. The second-order valence-corrected chi connectivity index (χ2v) is 12.4. The molecule has 1 aliphatic heterocycles. The van der Waals surface area contributed by atoms with Gasteiger partial charge in [-0.2, -0.15) is 8.42 Å². The lowest BCUT2D eigenvalue weighted by molar-refractivity contribution is 0.0202. The lowest BCUT2D eigenvalue weighted by Gasteiger charge is -2.30. The number of rotatable bonds is 10. The number of nitrogens with one attached hydrogen (secondary N) is 1. The van der Waals surface area contributed by atoms with E-state index in [-0.39, 0.29) is 31.3 Å². The van der Waals surface area contributed by atoms with E-state index in [1.54, 1.807) is 26.8 Å². The van der Waals surface area contributed by atoms with Gasteiger partial charge < -0.3 is 23.9 Å². The van der Waals surface area contributed by atoms with E-state index in [4.69, 9.17) is 13.7 Å². The van der Waals surface area contributed by atoms with Gasteiger partial charge in [-0.05, 0) is 52.5 Å². The molecule has 230 valence electrons. The number of carbonyl (C=O) groups excluding carboxylic acids is 2. The third kappa shape index (κ3) is 8.54. The van der Waals surface area contributed by atoms with E-state index in [1.165, 1.54) is 34.7 Å². The Hall–Kier alpha value is -3.94. The number of fused-ring (bicyclic) bond motifs is 1. The Bertz CT molecular complexity index is 1500. The molecule has 1 atom stereocenters. The van der Waals surface area contributed by atoms with Gasteiger partial charge in [0.1, 0.15) is 23.0 Å². The molecule has 1 N–H and O–H groups in total. The van der Waals surface area contributed by atoms with Gasteiger partial charge in [-0.3, -0.25) is 14.2 Å². The second-order valence-electron chi connectivity index (χ2n) is 10.9. The number of nitrogens with zero attached hydrogens (tertiary/aromatic N) is 3. The predicted octanol–water partition coefficient (Wildman–Crippen LogP) is 3.70. The first-order chi connectivity index (χ1) is 19.6. The summed E-state index contributed by atoms with van der Waals surface area (Å²) in [7, 11) is -2.73. The van der Waals surface area contributed by atoms with Crippen LogP contribution in [0.5, 0.6) is 11.5 Å². The van der Waals surface area contributed by atoms with E-state index in [0.717, 1.165) is 6.26 Å². The molecule has 2 heterocycles. The maximum atomic E-state index is 13.9. The van der Waals surface area contributed by atoms with E-state index >= 15 is 0 Å². The molecule has 0 spiro atoms. The van der Waals surface area contributed by atoms with E-state index in [1.807, 2.05) is 0 Å². The molecule has 14 heteroatoms. The molecule has 1 aliphatic rings. The second kappa shape index (κ2) is 13.4. The molecule has 2 amide bonds. The Morgan fingerprint density at radius 2 is 2.00 bits per heavy atom. The molecule has 0 radical (unpaired) electrons. The van der Waals surface area contributed by atoms with Crippen molar-refractivity contribution in [2.45, 2.75) is 71.2 Å².